The van der Waals surface area contributed by atoms with Crippen LogP contribution in [0, 0.1) is 17.7 Å². The highest BCUT2D eigenvalue weighted by atomic mass is 35.5. The molecule has 0 bridgehead atoms. The first-order chi connectivity index (χ1) is 21.8. The average molecular weight is 631 g/mol. The molecular formula is C33H32ClFN6O4. The highest BCUT2D eigenvalue weighted by Gasteiger charge is 2.57. The fraction of sp³-hybridized carbons (Fsp3) is 0.333. The number of aromatic nitrogens is 5. The van der Waals surface area contributed by atoms with Gasteiger partial charge in [-0.05, 0) is 49.1 Å². The molecule has 232 valence electrons. The molecule has 1 aliphatic heterocycles. The van der Waals surface area contributed by atoms with E-state index in [9.17, 15) is 14.3 Å². The molecular weight excluding hydrogens is 599 g/mol. The fourth-order valence-corrected chi connectivity index (χ4v) is 6.77. The Kier molecular flexibility index (Phi) is 7.66. The van der Waals surface area contributed by atoms with Crippen molar-refractivity contribution in [1.82, 2.24) is 29.0 Å². The number of carbonyl (C=O) groups is 1. The second-order valence-corrected chi connectivity index (χ2v) is 12.0. The van der Waals surface area contributed by atoms with E-state index in [0.717, 1.165) is 36.8 Å². The lowest BCUT2D eigenvalue weighted by atomic mass is 10.1. The SMILES string of the molecule is CCn1cncc1Cn1c(CN2C[C@@H]3[C@H](C2)[C@H]3c2cccc(OCc3ccc(Cl)cc3F)n2)nc2c(OC)cc(C(=O)O)cc21. The van der Waals surface area contributed by atoms with Crippen molar-refractivity contribution in [2.24, 2.45) is 11.8 Å². The zero-order chi connectivity index (χ0) is 31.2. The Labute approximate surface area is 264 Å². The van der Waals surface area contributed by atoms with Crippen LogP contribution in [0.5, 0.6) is 11.6 Å². The lowest BCUT2D eigenvalue weighted by Gasteiger charge is -2.20. The number of carboxylic acid groups (broad SMARTS) is 1. The van der Waals surface area contributed by atoms with Crippen LogP contribution in [0.1, 0.15) is 46.0 Å². The van der Waals surface area contributed by atoms with Crippen molar-refractivity contribution in [3.05, 3.63) is 100 Å². The Balaban J connectivity index is 1.08. The number of hydrogen-bond donors (Lipinski definition) is 1. The standard InChI is InChI=1S/C33H32ClFN6O4/c1-3-40-18-36-12-22(40)13-41-27-9-20(33(42)43)10-28(44-2)32(27)38-29(41)16-39-14-23-24(15-39)31(23)26-5-4-6-30(37-26)45-17-19-7-8-21(34)11-25(19)35/h4-12,18,23-24,31H,3,13-17H2,1-2H3,(H,42,43)/t23-,24+,31+. The van der Waals surface area contributed by atoms with E-state index in [4.69, 9.17) is 31.0 Å². The van der Waals surface area contributed by atoms with Crippen molar-refractivity contribution in [1.29, 1.82) is 0 Å². The summed E-state index contributed by atoms with van der Waals surface area (Å²) in [5.74, 6) is 1.60. The molecule has 12 heteroatoms. The van der Waals surface area contributed by atoms with Gasteiger partial charge in [-0.15, -0.1) is 0 Å². The van der Waals surface area contributed by atoms with Gasteiger partial charge in [0.1, 0.15) is 29.5 Å². The number of pyridine rings is 1. The maximum Gasteiger partial charge on any atom is 0.335 e. The number of likely N-dealkylation sites (tertiary alicyclic amines) is 1. The molecule has 3 atom stereocenters. The van der Waals surface area contributed by atoms with E-state index in [1.165, 1.54) is 19.2 Å². The maximum absolute atomic E-state index is 14.2. The van der Waals surface area contributed by atoms with Gasteiger partial charge in [0.05, 0.1) is 43.3 Å². The summed E-state index contributed by atoms with van der Waals surface area (Å²) in [7, 11) is 1.53. The molecule has 0 unspecified atom stereocenters. The summed E-state index contributed by atoms with van der Waals surface area (Å²) < 4.78 is 29.7. The van der Waals surface area contributed by atoms with Crippen molar-refractivity contribution >= 4 is 28.6 Å². The third-order valence-electron chi connectivity index (χ3n) is 8.94. The maximum atomic E-state index is 14.2. The third-order valence-corrected chi connectivity index (χ3v) is 9.17. The monoisotopic (exact) mass is 630 g/mol. The molecule has 1 saturated carbocycles. The average Bonchev–Trinajstić information content (AvgIpc) is 3.36. The van der Waals surface area contributed by atoms with Crippen molar-refractivity contribution in [3.63, 3.8) is 0 Å². The zero-order valence-electron chi connectivity index (χ0n) is 24.9. The van der Waals surface area contributed by atoms with Gasteiger partial charge in [-0.2, -0.15) is 0 Å². The first kappa shape index (κ1) is 29.2. The summed E-state index contributed by atoms with van der Waals surface area (Å²) in [4.78, 5) is 28.4. The van der Waals surface area contributed by atoms with E-state index in [0.29, 0.717) is 64.1 Å². The van der Waals surface area contributed by atoms with Gasteiger partial charge in [-0.1, -0.05) is 23.7 Å². The number of aryl methyl sites for hydroxylation is 1. The Bertz CT molecular complexity index is 1900. The predicted molar refractivity (Wildman–Crippen MR) is 165 cm³/mol. The van der Waals surface area contributed by atoms with Gasteiger partial charge in [-0.3, -0.25) is 4.90 Å². The number of ether oxygens (including phenoxy) is 2. The minimum Gasteiger partial charge on any atom is -0.494 e. The van der Waals surface area contributed by atoms with E-state index in [1.54, 1.807) is 30.6 Å². The Morgan fingerprint density at radius 3 is 2.67 bits per heavy atom. The lowest BCUT2D eigenvalue weighted by molar-refractivity contribution is 0.0696. The van der Waals surface area contributed by atoms with Gasteiger partial charge >= 0.3 is 5.97 Å². The summed E-state index contributed by atoms with van der Waals surface area (Å²) in [5, 5.41) is 10.1. The van der Waals surface area contributed by atoms with Crippen molar-refractivity contribution < 1.29 is 23.8 Å². The minimum atomic E-state index is -1.02. The van der Waals surface area contributed by atoms with E-state index < -0.39 is 11.8 Å². The molecule has 5 aromatic rings. The van der Waals surface area contributed by atoms with Crippen LogP contribution in [0.25, 0.3) is 11.0 Å². The fourth-order valence-electron chi connectivity index (χ4n) is 6.61. The van der Waals surface area contributed by atoms with Gasteiger partial charge in [0.15, 0.2) is 0 Å². The molecule has 4 heterocycles. The van der Waals surface area contributed by atoms with Crippen LogP contribution in [-0.2, 0) is 26.2 Å². The summed E-state index contributed by atoms with van der Waals surface area (Å²) in [5.41, 5.74) is 3.93. The van der Waals surface area contributed by atoms with Crippen LogP contribution >= 0.6 is 11.6 Å². The molecule has 3 aromatic heterocycles. The molecule has 1 aliphatic carbocycles. The van der Waals surface area contributed by atoms with E-state index in [2.05, 4.69) is 25.9 Å². The molecule has 1 N–H and O–H groups in total. The van der Waals surface area contributed by atoms with Crippen LogP contribution < -0.4 is 9.47 Å². The van der Waals surface area contributed by atoms with Gasteiger partial charge in [0, 0.05) is 54.1 Å². The number of hydrogen-bond acceptors (Lipinski definition) is 7. The van der Waals surface area contributed by atoms with Crippen molar-refractivity contribution in [2.75, 3.05) is 20.2 Å². The van der Waals surface area contributed by atoms with Crippen molar-refractivity contribution in [2.45, 2.75) is 39.1 Å². The highest BCUT2D eigenvalue weighted by Crippen LogP contribution is 2.58. The number of methoxy groups -OCH3 is 1. The number of carboxylic acids is 1. The molecule has 0 radical (unpaired) electrons. The number of halogens is 2. The molecule has 2 fully saturated rings. The van der Waals surface area contributed by atoms with Gasteiger partial charge < -0.3 is 23.7 Å². The molecule has 45 heavy (non-hydrogen) atoms. The van der Waals surface area contributed by atoms with E-state index in [-0.39, 0.29) is 12.2 Å². The normalized spacial score (nSPS) is 19.2. The molecule has 10 nitrogen and oxygen atoms in total. The summed E-state index contributed by atoms with van der Waals surface area (Å²) in [6.07, 6.45) is 3.64. The predicted octanol–water partition coefficient (Wildman–Crippen LogP) is 5.62. The number of imidazole rings is 2. The number of rotatable bonds is 11. The lowest BCUT2D eigenvalue weighted by Crippen LogP contribution is -2.26. The van der Waals surface area contributed by atoms with Crippen LogP contribution in [0.4, 0.5) is 4.39 Å². The molecule has 2 aromatic carbocycles. The summed E-state index contributed by atoms with van der Waals surface area (Å²) in [6, 6.07) is 13.5. The Hall–Kier alpha value is -4.48. The van der Waals surface area contributed by atoms with Crippen LogP contribution in [0.15, 0.2) is 61.1 Å². The zero-order valence-corrected chi connectivity index (χ0v) is 25.6. The summed E-state index contributed by atoms with van der Waals surface area (Å²) in [6.45, 7) is 5.82. The van der Waals surface area contributed by atoms with E-state index >= 15 is 0 Å². The second kappa shape index (κ2) is 11.8. The molecule has 0 spiro atoms. The first-order valence-corrected chi connectivity index (χ1v) is 15.3. The van der Waals surface area contributed by atoms with Gasteiger partial charge in [-0.25, -0.2) is 24.1 Å². The topological polar surface area (TPSA) is 108 Å². The van der Waals surface area contributed by atoms with Crippen LogP contribution in [0.3, 0.4) is 0 Å². The van der Waals surface area contributed by atoms with Crippen LogP contribution in [0.2, 0.25) is 5.02 Å². The van der Waals surface area contributed by atoms with Crippen molar-refractivity contribution in [3.8, 4) is 11.6 Å². The second-order valence-electron chi connectivity index (χ2n) is 11.6. The van der Waals surface area contributed by atoms with Gasteiger partial charge in [0.2, 0.25) is 5.88 Å². The number of benzene rings is 2. The quantitative estimate of drug-likeness (QED) is 0.200. The Morgan fingerprint density at radius 1 is 1.11 bits per heavy atom. The number of aromatic carboxylic acids is 1. The van der Waals surface area contributed by atoms with Gasteiger partial charge in [0.25, 0.3) is 0 Å². The molecule has 0 amide bonds. The smallest absolute Gasteiger partial charge is 0.335 e. The largest absolute Gasteiger partial charge is 0.494 e. The van der Waals surface area contributed by atoms with E-state index in [1.807, 2.05) is 18.3 Å². The molecule has 2 aliphatic rings. The molecule has 1 saturated heterocycles. The Morgan fingerprint density at radius 2 is 1.93 bits per heavy atom. The summed E-state index contributed by atoms with van der Waals surface area (Å²) >= 11 is 5.86. The first-order valence-electron chi connectivity index (χ1n) is 14.9. The molecule has 7 rings (SSSR count). The van der Waals surface area contributed by atoms with Crippen LogP contribution in [-0.4, -0.2) is 60.3 Å². The minimum absolute atomic E-state index is 0.0730. The third kappa shape index (κ3) is 5.62. The number of fused-ring (bicyclic) bond motifs is 2. The number of piperidine rings is 1. The number of nitrogens with zero attached hydrogens (tertiary/aromatic N) is 6. The highest BCUT2D eigenvalue weighted by molar-refractivity contribution is 6.30.